The topological polar surface area (TPSA) is 66.1 Å². The number of benzene rings is 3. The predicted molar refractivity (Wildman–Crippen MR) is 124 cm³/mol. The smallest absolute Gasteiger partial charge is 0.359 e. The van der Waals surface area contributed by atoms with Crippen LogP contribution in [-0.2, 0) is 12.8 Å². The van der Waals surface area contributed by atoms with Crippen molar-refractivity contribution in [1.29, 1.82) is 0 Å². The molecule has 32 heavy (non-hydrogen) atoms. The lowest BCUT2D eigenvalue weighted by Crippen LogP contribution is -2.44. The zero-order chi connectivity index (χ0) is 22.1. The lowest BCUT2D eigenvalue weighted by molar-refractivity contribution is -0.552. The van der Waals surface area contributed by atoms with Crippen molar-refractivity contribution in [3.63, 3.8) is 0 Å². The summed E-state index contributed by atoms with van der Waals surface area (Å²) >= 11 is 0. The Labute approximate surface area is 187 Å². The normalized spacial score (nSPS) is 14.8. The molecular formula is C27H24N3O2+. The van der Waals surface area contributed by atoms with Crippen molar-refractivity contribution in [3.05, 3.63) is 107 Å². The molecule has 2 heterocycles. The molecule has 0 spiro atoms. The highest BCUT2D eigenvalue weighted by atomic mass is 16.3. The fraction of sp³-hybridized carbons (Fsp3) is 0.148. The van der Waals surface area contributed by atoms with Gasteiger partial charge in [-0.1, -0.05) is 72.3 Å². The molecule has 0 amide bonds. The van der Waals surface area contributed by atoms with E-state index in [0.29, 0.717) is 18.5 Å². The summed E-state index contributed by atoms with van der Waals surface area (Å²) in [5, 5.41) is 13.4. The summed E-state index contributed by atoms with van der Waals surface area (Å²) in [6.07, 6.45) is 2.97. The van der Waals surface area contributed by atoms with Crippen molar-refractivity contribution in [2.24, 2.45) is 0 Å². The molecule has 5 nitrogen and oxygen atoms in total. The summed E-state index contributed by atoms with van der Waals surface area (Å²) in [6.45, 7) is 2.06. The average Bonchev–Trinajstić information content (AvgIpc) is 3.10. The minimum atomic E-state index is -0.354. The summed E-state index contributed by atoms with van der Waals surface area (Å²) in [5.74, 6) is 0.904. The maximum absolute atomic E-state index is 13.4. The van der Waals surface area contributed by atoms with E-state index in [9.17, 15) is 9.90 Å². The molecule has 2 N–H and O–H groups in total. The molecule has 1 aliphatic heterocycles. The van der Waals surface area contributed by atoms with Crippen LogP contribution in [-0.4, -0.2) is 22.0 Å². The van der Waals surface area contributed by atoms with Gasteiger partial charge in [0.05, 0.1) is 0 Å². The Morgan fingerprint density at radius 1 is 0.969 bits per heavy atom. The van der Waals surface area contributed by atoms with E-state index >= 15 is 0 Å². The van der Waals surface area contributed by atoms with Gasteiger partial charge in [-0.25, -0.2) is 9.78 Å². The Balaban J connectivity index is 1.55. The molecule has 1 aliphatic rings. The van der Waals surface area contributed by atoms with Gasteiger partial charge in [0.1, 0.15) is 23.3 Å². The molecule has 3 aromatic carbocycles. The molecule has 5 rings (SSSR count). The molecule has 4 aromatic rings. The van der Waals surface area contributed by atoms with Crippen LogP contribution in [0.15, 0.2) is 85.1 Å². The van der Waals surface area contributed by atoms with E-state index in [1.807, 2.05) is 30.3 Å². The van der Waals surface area contributed by atoms with Crippen molar-refractivity contribution < 1.29 is 14.5 Å². The molecule has 0 saturated carbocycles. The van der Waals surface area contributed by atoms with Crippen molar-refractivity contribution in [1.82, 2.24) is 4.98 Å². The molecule has 0 saturated heterocycles. The first-order valence-electron chi connectivity index (χ1n) is 10.7. The second-order valence-electron chi connectivity index (χ2n) is 8.23. The first-order chi connectivity index (χ1) is 15.6. The number of aromatic nitrogens is 2. The van der Waals surface area contributed by atoms with Crippen molar-refractivity contribution in [2.45, 2.75) is 25.8 Å². The van der Waals surface area contributed by atoms with E-state index in [1.54, 1.807) is 29.0 Å². The number of nitrogens with one attached hydrogen (secondary N) is 1. The summed E-state index contributed by atoms with van der Waals surface area (Å²) in [6, 6.07) is 24.9. The summed E-state index contributed by atoms with van der Waals surface area (Å²) in [4.78, 5) is 18.3. The van der Waals surface area contributed by atoms with Gasteiger partial charge < -0.3 is 5.11 Å². The first-order valence-corrected chi connectivity index (χ1v) is 10.7. The molecular weight excluding hydrogens is 398 g/mol. The van der Waals surface area contributed by atoms with Gasteiger partial charge in [-0.3, -0.25) is 5.32 Å². The number of rotatable bonds is 5. The zero-order valence-corrected chi connectivity index (χ0v) is 17.8. The Hall–Kier alpha value is -3.99. The lowest BCUT2D eigenvalue weighted by atomic mass is 10.0. The quantitative estimate of drug-likeness (QED) is 0.470. The van der Waals surface area contributed by atoms with Crippen LogP contribution >= 0.6 is 0 Å². The van der Waals surface area contributed by atoms with Crippen molar-refractivity contribution >= 4 is 11.7 Å². The van der Waals surface area contributed by atoms with E-state index in [4.69, 9.17) is 4.98 Å². The van der Waals surface area contributed by atoms with Gasteiger partial charge in [-0.15, -0.1) is 0 Å². The third kappa shape index (κ3) is 3.97. The Bertz CT molecular complexity index is 1300. The summed E-state index contributed by atoms with van der Waals surface area (Å²) in [5.41, 5.74) is 5.64. The number of aryl methyl sites for hydroxylation is 1. The van der Waals surface area contributed by atoms with E-state index in [0.717, 1.165) is 28.2 Å². The van der Waals surface area contributed by atoms with Gasteiger partial charge in [0.25, 0.3) is 0 Å². The maximum Gasteiger partial charge on any atom is 0.359 e. The number of anilines is 1. The molecule has 1 unspecified atom stereocenters. The molecule has 158 valence electrons. The molecule has 5 heteroatoms. The number of hydrogen-bond donors (Lipinski definition) is 2. The van der Waals surface area contributed by atoms with Gasteiger partial charge >= 0.3 is 11.7 Å². The monoisotopic (exact) mass is 422 g/mol. The first kappa shape index (κ1) is 19.9. The number of fused-ring (bicyclic) bond motifs is 1. The van der Waals surface area contributed by atoms with E-state index in [-0.39, 0.29) is 17.7 Å². The number of phenolic OH excluding ortho intramolecular Hbond substituents is 1. The van der Waals surface area contributed by atoms with Gasteiger partial charge in [0, 0.05) is 18.4 Å². The van der Waals surface area contributed by atoms with Gasteiger partial charge in [0.2, 0.25) is 0 Å². The highest BCUT2D eigenvalue weighted by molar-refractivity contribution is 5.82. The van der Waals surface area contributed by atoms with Crippen LogP contribution < -0.4 is 9.88 Å². The van der Waals surface area contributed by atoms with Crippen LogP contribution in [0.5, 0.6) is 5.75 Å². The fourth-order valence-electron chi connectivity index (χ4n) is 4.20. The Kier molecular flexibility index (Phi) is 5.15. The highest BCUT2D eigenvalue weighted by Gasteiger charge is 2.41. The highest BCUT2D eigenvalue weighted by Crippen LogP contribution is 2.26. The van der Waals surface area contributed by atoms with Crippen LogP contribution in [0.25, 0.3) is 11.3 Å². The van der Waals surface area contributed by atoms with Crippen LogP contribution in [0.4, 0.5) is 5.82 Å². The van der Waals surface area contributed by atoms with Crippen LogP contribution in [0.2, 0.25) is 0 Å². The second kappa shape index (κ2) is 8.27. The van der Waals surface area contributed by atoms with Crippen LogP contribution in [0.1, 0.15) is 27.2 Å². The molecule has 1 atom stereocenters. The number of phenols is 1. The largest absolute Gasteiger partial charge is 0.508 e. The Morgan fingerprint density at radius 2 is 1.75 bits per heavy atom. The third-order valence-corrected chi connectivity index (χ3v) is 5.75. The average molecular weight is 423 g/mol. The van der Waals surface area contributed by atoms with E-state index in [1.165, 1.54) is 5.56 Å². The van der Waals surface area contributed by atoms with Gasteiger partial charge in [-0.2, -0.15) is 4.57 Å². The van der Waals surface area contributed by atoms with Crippen molar-refractivity contribution in [3.8, 4) is 17.0 Å². The van der Waals surface area contributed by atoms with Crippen molar-refractivity contribution in [2.75, 3.05) is 5.32 Å². The summed E-state index contributed by atoms with van der Waals surface area (Å²) < 4.78 is 1.69. The number of carbonyl (C=O) groups is 1. The Morgan fingerprint density at radius 3 is 2.53 bits per heavy atom. The third-order valence-electron chi connectivity index (χ3n) is 5.75. The molecule has 0 aliphatic carbocycles. The fourth-order valence-corrected chi connectivity index (χ4v) is 4.20. The van der Waals surface area contributed by atoms with E-state index in [2.05, 4.69) is 42.6 Å². The SMILES string of the molecule is Cc1cccc(CC2Nc3c(Cc4ccccc4)nc(-c4cccc(O)c4)c[n+]3C2=O)c1. The minimum absolute atomic E-state index is 0.000351. The lowest BCUT2D eigenvalue weighted by Gasteiger charge is -2.07. The van der Waals surface area contributed by atoms with Gasteiger partial charge in [0.15, 0.2) is 6.04 Å². The van der Waals surface area contributed by atoms with Gasteiger partial charge in [-0.05, 0) is 30.2 Å². The molecule has 0 fully saturated rings. The summed E-state index contributed by atoms with van der Waals surface area (Å²) in [7, 11) is 0. The second-order valence-corrected chi connectivity index (χ2v) is 8.23. The maximum atomic E-state index is 13.4. The van der Waals surface area contributed by atoms with Crippen LogP contribution in [0.3, 0.4) is 0 Å². The number of hydrogen-bond acceptors (Lipinski definition) is 4. The van der Waals surface area contributed by atoms with E-state index < -0.39 is 0 Å². The minimum Gasteiger partial charge on any atom is -0.508 e. The zero-order valence-electron chi connectivity index (χ0n) is 17.8. The molecule has 1 aromatic heterocycles. The number of aromatic hydroxyl groups is 1. The van der Waals surface area contributed by atoms with Crippen LogP contribution in [0, 0.1) is 6.92 Å². The number of nitrogens with zero attached hydrogens (tertiary/aromatic N) is 2. The molecule has 0 bridgehead atoms. The standard InChI is InChI=1S/C27H23N3O2/c1-18-7-5-10-20(13-18)15-24-27(32)30-17-25(21-11-6-12-22(31)16-21)28-23(26(30)29-24)14-19-8-3-2-4-9-19/h2-13,16-17,24,31H,14-15H2,1H3/p+1. The predicted octanol–water partition coefficient (Wildman–Crippen LogP) is 4.32. The number of carbonyl (C=O) groups excluding carboxylic acids is 1. The molecule has 0 radical (unpaired) electrons.